The number of carboxylic acid groups (broad SMARTS) is 1. The molecular formula is C14H15F3N2O4. The number of carbonyl (C=O) groups is 2. The van der Waals surface area contributed by atoms with Crippen molar-refractivity contribution in [1.29, 1.82) is 0 Å². The van der Waals surface area contributed by atoms with E-state index in [1.165, 1.54) is 17.9 Å². The molecule has 0 aromatic carbocycles. The molecule has 1 fully saturated rings. The summed E-state index contributed by atoms with van der Waals surface area (Å²) in [5.74, 6) is -2.05. The fraction of sp³-hybridized carbons (Fsp3) is 0.500. The number of nitrogens with zero attached hydrogens (tertiary/aromatic N) is 2. The van der Waals surface area contributed by atoms with Crippen LogP contribution in [0.25, 0.3) is 0 Å². The number of carbonyl (C=O) groups excluding carboxylic acids is 1. The minimum absolute atomic E-state index is 0.0391. The van der Waals surface area contributed by atoms with Crippen LogP contribution in [0.5, 0.6) is 5.88 Å². The van der Waals surface area contributed by atoms with Gasteiger partial charge in [0.1, 0.15) is 6.04 Å². The zero-order chi connectivity index (χ0) is 17.2. The highest BCUT2D eigenvalue weighted by molar-refractivity contribution is 5.97. The molecule has 9 heteroatoms. The van der Waals surface area contributed by atoms with E-state index >= 15 is 0 Å². The third-order valence-electron chi connectivity index (χ3n) is 3.31. The lowest BCUT2D eigenvalue weighted by atomic mass is 10.2. The average molecular weight is 332 g/mol. The van der Waals surface area contributed by atoms with Crippen molar-refractivity contribution < 1.29 is 32.6 Å². The molecule has 2 rings (SSSR count). The first-order chi connectivity index (χ1) is 10.7. The molecule has 1 aromatic rings. The Kier molecular flexibility index (Phi) is 4.76. The summed E-state index contributed by atoms with van der Waals surface area (Å²) in [6.07, 6.45) is -1.97. The number of carboxylic acids is 1. The number of ether oxygens (including phenoxy) is 1. The number of pyridine rings is 1. The fourth-order valence-corrected chi connectivity index (χ4v) is 2.06. The van der Waals surface area contributed by atoms with Crippen molar-refractivity contribution in [3.8, 4) is 5.88 Å². The third-order valence-corrected chi connectivity index (χ3v) is 3.31. The lowest BCUT2D eigenvalue weighted by Crippen LogP contribution is -2.44. The Morgan fingerprint density at radius 3 is 2.65 bits per heavy atom. The van der Waals surface area contributed by atoms with Crippen molar-refractivity contribution in [2.24, 2.45) is 0 Å². The van der Waals surface area contributed by atoms with E-state index in [0.29, 0.717) is 12.8 Å². The van der Waals surface area contributed by atoms with E-state index in [1.807, 2.05) is 0 Å². The van der Waals surface area contributed by atoms with Crippen LogP contribution in [0.1, 0.15) is 30.1 Å². The molecule has 0 bridgehead atoms. The minimum atomic E-state index is -4.51. The molecule has 1 saturated carbocycles. The largest absolute Gasteiger partial charge is 0.480 e. The van der Waals surface area contributed by atoms with E-state index in [0.717, 1.165) is 12.3 Å². The predicted octanol–water partition coefficient (Wildman–Crippen LogP) is 2.10. The molecular weight excluding hydrogens is 317 g/mol. The van der Waals surface area contributed by atoms with Crippen molar-refractivity contribution in [3.05, 3.63) is 23.9 Å². The quantitative estimate of drug-likeness (QED) is 0.863. The van der Waals surface area contributed by atoms with Crippen molar-refractivity contribution in [2.45, 2.75) is 38.0 Å². The number of aliphatic carboxylic acids is 1. The highest BCUT2D eigenvalue weighted by Gasteiger charge is 2.39. The zero-order valence-corrected chi connectivity index (χ0v) is 12.2. The van der Waals surface area contributed by atoms with Crippen LogP contribution in [0.4, 0.5) is 13.2 Å². The second kappa shape index (κ2) is 6.43. The van der Waals surface area contributed by atoms with Gasteiger partial charge in [0.25, 0.3) is 5.91 Å². The Balaban J connectivity index is 2.16. The zero-order valence-electron chi connectivity index (χ0n) is 12.2. The fourth-order valence-electron chi connectivity index (χ4n) is 2.06. The van der Waals surface area contributed by atoms with Crippen LogP contribution in [0, 0.1) is 0 Å². The Labute approximate surface area is 129 Å². The van der Waals surface area contributed by atoms with Gasteiger partial charge in [-0.05, 0) is 25.8 Å². The van der Waals surface area contributed by atoms with Crippen molar-refractivity contribution >= 4 is 11.9 Å². The van der Waals surface area contributed by atoms with Crippen LogP contribution in [-0.2, 0) is 4.79 Å². The van der Waals surface area contributed by atoms with Crippen LogP contribution in [0.15, 0.2) is 18.3 Å². The van der Waals surface area contributed by atoms with Gasteiger partial charge in [-0.1, -0.05) is 0 Å². The van der Waals surface area contributed by atoms with Crippen molar-refractivity contribution in [3.63, 3.8) is 0 Å². The van der Waals surface area contributed by atoms with Crippen LogP contribution in [0.2, 0.25) is 0 Å². The molecule has 6 nitrogen and oxygen atoms in total. The van der Waals surface area contributed by atoms with Crippen LogP contribution < -0.4 is 4.74 Å². The summed E-state index contributed by atoms with van der Waals surface area (Å²) >= 11 is 0. The van der Waals surface area contributed by atoms with E-state index in [-0.39, 0.29) is 17.5 Å². The van der Waals surface area contributed by atoms with Crippen LogP contribution >= 0.6 is 0 Å². The molecule has 1 aliphatic rings. The Morgan fingerprint density at radius 2 is 2.13 bits per heavy atom. The SMILES string of the molecule is CC(C(=O)O)N(C(=O)c1ccnc(OCC(F)(F)F)c1)C1CC1. The molecule has 1 amide bonds. The molecule has 1 aliphatic carbocycles. The number of alkyl halides is 3. The summed E-state index contributed by atoms with van der Waals surface area (Å²) in [6, 6.07) is 1.20. The molecule has 1 aromatic heterocycles. The lowest BCUT2D eigenvalue weighted by Gasteiger charge is -2.26. The van der Waals surface area contributed by atoms with Gasteiger partial charge in [0.2, 0.25) is 5.88 Å². The second-order valence-electron chi connectivity index (χ2n) is 5.24. The predicted molar refractivity (Wildman–Crippen MR) is 72.1 cm³/mol. The summed E-state index contributed by atoms with van der Waals surface area (Å²) in [5.41, 5.74) is 0.0391. The van der Waals surface area contributed by atoms with Crippen LogP contribution in [-0.4, -0.2) is 51.7 Å². The third kappa shape index (κ3) is 4.57. The number of hydrogen-bond acceptors (Lipinski definition) is 4. The van der Waals surface area contributed by atoms with Gasteiger partial charge in [-0.2, -0.15) is 13.2 Å². The van der Waals surface area contributed by atoms with Gasteiger partial charge in [0.05, 0.1) is 0 Å². The number of hydrogen-bond donors (Lipinski definition) is 1. The van der Waals surface area contributed by atoms with E-state index < -0.39 is 30.7 Å². The van der Waals surface area contributed by atoms with Gasteiger partial charge in [0, 0.05) is 23.9 Å². The first-order valence-corrected chi connectivity index (χ1v) is 6.90. The molecule has 1 heterocycles. The van der Waals surface area contributed by atoms with Gasteiger partial charge >= 0.3 is 12.1 Å². The van der Waals surface area contributed by atoms with Gasteiger partial charge < -0.3 is 14.7 Å². The van der Waals surface area contributed by atoms with E-state index in [4.69, 9.17) is 5.11 Å². The van der Waals surface area contributed by atoms with Crippen LogP contribution in [0.3, 0.4) is 0 Å². The summed E-state index contributed by atoms with van der Waals surface area (Å²) < 4.78 is 40.9. The van der Waals surface area contributed by atoms with E-state index in [2.05, 4.69) is 9.72 Å². The maximum Gasteiger partial charge on any atom is 0.422 e. The van der Waals surface area contributed by atoms with Gasteiger partial charge in [-0.25, -0.2) is 9.78 Å². The molecule has 0 spiro atoms. The molecule has 23 heavy (non-hydrogen) atoms. The standard InChI is InChI=1S/C14H15F3N2O4/c1-8(13(21)22)19(10-2-3-10)12(20)9-4-5-18-11(6-9)23-7-14(15,16)17/h4-6,8,10H,2-3,7H2,1H3,(H,21,22). The Hall–Kier alpha value is -2.32. The molecule has 1 atom stereocenters. The maximum atomic E-state index is 12.5. The molecule has 1 N–H and O–H groups in total. The van der Waals surface area contributed by atoms with Gasteiger partial charge in [0.15, 0.2) is 6.61 Å². The van der Waals surface area contributed by atoms with E-state index in [9.17, 15) is 22.8 Å². The summed E-state index contributed by atoms with van der Waals surface area (Å²) in [5, 5.41) is 9.10. The molecule has 0 radical (unpaired) electrons. The number of aromatic nitrogens is 1. The molecule has 1 unspecified atom stereocenters. The average Bonchev–Trinajstić information content (AvgIpc) is 3.29. The van der Waals surface area contributed by atoms with Gasteiger partial charge in [-0.15, -0.1) is 0 Å². The van der Waals surface area contributed by atoms with Gasteiger partial charge in [-0.3, -0.25) is 4.79 Å². The second-order valence-corrected chi connectivity index (χ2v) is 5.24. The van der Waals surface area contributed by atoms with Crippen molar-refractivity contribution in [1.82, 2.24) is 9.88 Å². The smallest absolute Gasteiger partial charge is 0.422 e. The summed E-state index contributed by atoms with van der Waals surface area (Å²) in [7, 11) is 0. The number of rotatable bonds is 6. The topological polar surface area (TPSA) is 79.7 Å². The monoisotopic (exact) mass is 332 g/mol. The maximum absolute atomic E-state index is 12.5. The molecule has 126 valence electrons. The highest BCUT2D eigenvalue weighted by atomic mass is 19.4. The Morgan fingerprint density at radius 1 is 1.48 bits per heavy atom. The summed E-state index contributed by atoms with van der Waals surface area (Å²) in [6.45, 7) is -0.129. The lowest BCUT2D eigenvalue weighted by molar-refractivity contribution is -0.154. The number of amides is 1. The normalized spacial score (nSPS) is 15.8. The summed E-state index contributed by atoms with van der Waals surface area (Å²) in [4.78, 5) is 28.5. The first-order valence-electron chi connectivity index (χ1n) is 6.90. The van der Waals surface area contributed by atoms with Crippen molar-refractivity contribution in [2.75, 3.05) is 6.61 Å². The molecule has 0 saturated heterocycles. The Bertz CT molecular complexity index is 602. The highest BCUT2D eigenvalue weighted by Crippen LogP contribution is 2.30. The number of halogens is 3. The molecule has 0 aliphatic heterocycles. The minimum Gasteiger partial charge on any atom is -0.480 e. The first kappa shape index (κ1) is 17.0. The van der Waals surface area contributed by atoms with E-state index in [1.54, 1.807) is 0 Å².